The second-order valence-electron chi connectivity index (χ2n) is 6.25. The Morgan fingerprint density at radius 1 is 1.25 bits per heavy atom. The van der Waals surface area contributed by atoms with E-state index in [1.54, 1.807) is 13.3 Å². The van der Waals surface area contributed by atoms with E-state index >= 15 is 0 Å². The molecule has 0 atom stereocenters. The second-order valence-corrected chi connectivity index (χ2v) is 6.25. The van der Waals surface area contributed by atoms with Crippen LogP contribution in [0.2, 0.25) is 0 Å². The van der Waals surface area contributed by atoms with Crippen molar-refractivity contribution in [2.24, 2.45) is 4.99 Å². The third-order valence-electron chi connectivity index (χ3n) is 3.76. The molecule has 24 heavy (non-hydrogen) atoms. The van der Waals surface area contributed by atoms with Crippen LogP contribution >= 0.6 is 0 Å². The quantitative estimate of drug-likeness (QED) is 0.535. The molecule has 0 bridgehead atoms. The summed E-state index contributed by atoms with van der Waals surface area (Å²) in [4.78, 5) is 11.2. The molecule has 0 saturated carbocycles. The lowest BCUT2D eigenvalue weighted by Gasteiger charge is -2.30. The van der Waals surface area contributed by atoms with Gasteiger partial charge in [0.05, 0.1) is 13.7 Å². The van der Waals surface area contributed by atoms with Crippen LogP contribution in [-0.2, 0) is 6.54 Å². The van der Waals surface area contributed by atoms with Crippen LogP contribution in [-0.4, -0.2) is 54.7 Å². The first-order valence-electron chi connectivity index (χ1n) is 8.74. The van der Waals surface area contributed by atoms with E-state index in [4.69, 9.17) is 4.74 Å². The van der Waals surface area contributed by atoms with Crippen LogP contribution in [0.3, 0.4) is 0 Å². The van der Waals surface area contributed by atoms with Gasteiger partial charge < -0.3 is 15.4 Å². The lowest BCUT2D eigenvalue weighted by Crippen LogP contribution is -2.45. The molecule has 0 aliphatic rings. The van der Waals surface area contributed by atoms with E-state index in [1.165, 1.54) is 0 Å². The molecule has 0 spiro atoms. The number of hydrogen-bond acceptors (Lipinski definition) is 4. The van der Waals surface area contributed by atoms with Gasteiger partial charge in [-0.05, 0) is 46.2 Å². The minimum absolute atomic E-state index is 0.538. The summed E-state index contributed by atoms with van der Waals surface area (Å²) in [7, 11) is 1.62. The molecule has 136 valence electrons. The van der Waals surface area contributed by atoms with Crippen LogP contribution in [0.5, 0.6) is 5.88 Å². The Bertz CT molecular complexity index is 494. The van der Waals surface area contributed by atoms with Gasteiger partial charge in [0.25, 0.3) is 0 Å². The first-order chi connectivity index (χ1) is 11.5. The van der Waals surface area contributed by atoms with Crippen molar-refractivity contribution in [1.82, 2.24) is 20.5 Å². The van der Waals surface area contributed by atoms with Gasteiger partial charge in [0, 0.05) is 44.0 Å². The van der Waals surface area contributed by atoms with E-state index in [0.717, 1.165) is 31.2 Å². The largest absolute Gasteiger partial charge is 0.481 e. The van der Waals surface area contributed by atoms with E-state index in [9.17, 15) is 0 Å². The molecule has 1 heterocycles. The van der Waals surface area contributed by atoms with Gasteiger partial charge >= 0.3 is 0 Å². The summed E-state index contributed by atoms with van der Waals surface area (Å²) in [6.07, 6.45) is 1.74. The van der Waals surface area contributed by atoms with Crippen LogP contribution in [0.4, 0.5) is 0 Å². The summed E-state index contributed by atoms with van der Waals surface area (Å²) in [6, 6.07) is 4.94. The van der Waals surface area contributed by atoms with Crippen LogP contribution in [0.1, 0.15) is 40.2 Å². The fourth-order valence-corrected chi connectivity index (χ4v) is 2.59. The summed E-state index contributed by atoms with van der Waals surface area (Å²) in [5.74, 6) is 1.45. The van der Waals surface area contributed by atoms with Crippen molar-refractivity contribution >= 4 is 5.96 Å². The van der Waals surface area contributed by atoms with Crippen molar-refractivity contribution in [2.45, 2.75) is 53.2 Å². The zero-order valence-electron chi connectivity index (χ0n) is 16.0. The average Bonchev–Trinajstić information content (AvgIpc) is 2.55. The summed E-state index contributed by atoms with van der Waals surface area (Å²) < 4.78 is 5.15. The molecule has 1 rings (SSSR count). The Morgan fingerprint density at radius 3 is 2.54 bits per heavy atom. The van der Waals surface area contributed by atoms with Crippen molar-refractivity contribution in [3.63, 3.8) is 0 Å². The molecule has 1 aromatic heterocycles. The van der Waals surface area contributed by atoms with Gasteiger partial charge in [0.2, 0.25) is 5.88 Å². The highest BCUT2D eigenvalue weighted by atomic mass is 16.5. The van der Waals surface area contributed by atoms with Gasteiger partial charge in [-0.25, -0.2) is 9.98 Å². The fourth-order valence-electron chi connectivity index (χ4n) is 2.59. The van der Waals surface area contributed by atoms with Gasteiger partial charge in [0.15, 0.2) is 5.96 Å². The lowest BCUT2D eigenvalue weighted by atomic mass is 10.2. The van der Waals surface area contributed by atoms with E-state index < -0.39 is 0 Å². The number of methoxy groups -OCH3 is 1. The van der Waals surface area contributed by atoms with Gasteiger partial charge in [0.1, 0.15) is 0 Å². The highest BCUT2D eigenvalue weighted by Gasteiger charge is 2.12. The highest BCUT2D eigenvalue weighted by molar-refractivity contribution is 5.79. The maximum absolute atomic E-state index is 5.15. The number of aliphatic imine (C=N–C) groups is 1. The van der Waals surface area contributed by atoms with Gasteiger partial charge in [-0.2, -0.15) is 0 Å². The van der Waals surface area contributed by atoms with Crippen molar-refractivity contribution in [1.29, 1.82) is 0 Å². The van der Waals surface area contributed by atoms with Crippen molar-refractivity contribution < 1.29 is 4.74 Å². The molecular formula is C18H33N5O. The summed E-state index contributed by atoms with van der Waals surface area (Å²) in [6.45, 7) is 14.3. The number of nitrogens with zero attached hydrogens (tertiary/aromatic N) is 3. The minimum atomic E-state index is 0.538. The standard InChI is InChI=1S/C18H33N5O/c1-7-19-18(21-10-11-23(14(2)3)15(4)5)22-13-16-8-9-20-17(12-16)24-6/h8-9,12,14-15H,7,10-11,13H2,1-6H3,(H2,19,21,22). The maximum atomic E-state index is 5.15. The number of nitrogens with one attached hydrogen (secondary N) is 2. The smallest absolute Gasteiger partial charge is 0.213 e. The van der Waals surface area contributed by atoms with E-state index in [-0.39, 0.29) is 0 Å². The van der Waals surface area contributed by atoms with E-state index in [0.29, 0.717) is 24.5 Å². The Morgan fingerprint density at radius 2 is 1.96 bits per heavy atom. The van der Waals surface area contributed by atoms with E-state index in [1.807, 2.05) is 12.1 Å². The Labute approximate surface area is 146 Å². The maximum Gasteiger partial charge on any atom is 0.213 e. The van der Waals surface area contributed by atoms with Gasteiger partial charge in [-0.15, -0.1) is 0 Å². The molecule has 0 amide bonds. The topological polar surface area (TPSA) is 61.8 Å². The number of ether oxygens (including phenoxy) is 1. The molecule has 6 heteroatoms. The molecule has 0 fully saturated rings. The van der Waals surface area contributed by atoms with Gasteiger partial charge in [-0.1, -0.05) is 0 Å². The predicted molar refractivity (Wildman–Crippen MR) is 101 cm³/mol. The normalized spacial score (nSPS) is 12.1. The molecule has 0 radical (unpaired) electrons. The van der Waals surface area contributed by atoms with Crippen LogP contribution in [0, 0.1) is 0 Å². The lowest BCUT2D eigenvalue weighted by molar-refractivity contribution is 0.178. The number of rotatable bonds is 9. The zero-order valence-corrected chi connectivity index (χ0v) is 16.0. The number of guanidine groups is 1. The molecule has 1 aromatic rings. The Kier molecular flexibility index (Phi) is 9.15. The zero-order chi connectivity index (χ0) is 17.9. The number of pyridine rings is 1. The molecule has 0 saturated heterocycles. The molecular weight excluding hydrogens is 302 g/mol. The Balaban J connectivity index is 2.59. The van der Waals surface area contributed by atoms with Crippen molar-refractivity contribution in [3.05, 3.63) is 23.9 Å². The number of hydrogen-bond donors (Lipinski definition) is 2. The molecule has 6 nitrogen and oxygen atoms in total. The predicted octanol–water partition coefficient (Wildman–Crippen LogP) is 2.26. The molecule has 0 unspecified atom stereocenters. The Hall–Kier alpha value is -1.82. The monoisotopic (exact) mass is 335 g/mol. The molecule has 0 aliphatic carbocycles. The van der Waals surface area contributed by atoms with Crippen LogP contribution in [0.15, 0.2) is 23.3 Å². The second kappa shape index (κ2) is 10.9. The minimum Gasteiger partial charge on any atom is -0.481 e. The van der Waals surface area contributed by atoms with Crippen molar-refractivity contribution in [3.8, 4) is 5.88 Å². The fraction of sp³-hybridized carbons (Fsp3) is 0.667. The summed E-state index contributed by atoms with van der Waals surface area (Å²) in [5, 5.41) is 6.70. The SMILES string of the molecule is CCNC(=NCc1ccnc(OC)c1)NCCN(C(C)C)C(C)C. The third kappa shape index (κ3) is 7.17. The number of aromatic nitrogens is 1. The highest BCUT2D eigenvalue weighted by Crippen LogP contribution is 2.09. The third-order valence-corrected chi connectivity index (χ3v) is 3.76. The summed E-state index contributed by atoms with van der Waals surface area (Å²) >= 11 is 0. The first kappa shape index (κ1) is 20.2. The van der Waals surface area contributed by atoms with Gasteiger partial charge in [-0.3, -0.25) is 4.90 Å². The van der Waals surface area contributed by atoms with Crippen molar-refractivity contribution in [2.75, 3.05) is 26.7 Å². The molecule has 2 N–H and O–H groups in total. The first-order valence-corrected chi connectivity index (χ1v) is 8.74. The van der Waals surface area contributed by atoms with Crippen LogP contribution < -0.4 is 15.4 Å². The van der Waals surface area contributed by atoms with E-state index in [2.05, 4.69) is 60.1 Å². The summed E-state index contributed by atoms with van der Waals surface area (Å²) in [5.41, 5.74) is 1.07. The average molecular weight is 335 g/mol. The molecule has 0 aliphatic heterocycles. The van der Waals surface area contributed by atoms with Crippen LogP contribution in [0.25, 0.3) is 0 Å². The molecule has 0 aromatic carbocycles.